The summed E-state index contributed by atoms with van der Waals surface area (Å²) in [5.41, 5.74) is 1.42. The summed E-state index contributed by atoms with van der Waals surface area (Å²) in [5.74, 6) is -2.99. The van der Waals surface area contributed by atoms with Crippen molar-refractivity contribution in [2.75, 3.05) is 38.8 Å². The van der Waals surface area contributed by atoms with Gasteiger partial charge in [-0.1, -0.05) is 35.3 Å². The van der Waals surface area contributed by atoms with Crippen LogP contribution in [0.3, 0.4) is 0 Å². The Labute approximate surface area is 216 Å². The Balaban J connectivity index is 1.94. The van der Waals surface area contributed by atoms with Crippen molar-refractivity contribution < 1.29 is 28.9 Å². The van der Waals surface area contributed by atoms with E-state index in [2.05, 4.69) is 15.3 Å². The Bertz CT molecular complexity index is 1150. The maximum absolute atomic E-state index is 13.2. The predicted octanol–water partition coefficient (Wildman–Crippen LogP) is 4.45. The van der Waals surface area contributed by atoms with Crippen LogP contribution < -0.4 is 5.32 Å². The first kappa shape index (κ1) is 26.9. The molecule has 0 saturated carbocycles. The number of rotatable bonds is 10. The number of aromatic hydroxyl groups is 1. The van der Waals surface area contributed by atoms with Crippen LogP contribution in [-0.4, -0.2) is 61.2 Å². The zero-order valence-corrected chi connectivity index (χ0v) is 21.7. The van der Waals surface area contributed by atoms with Crippen LogP contribution in [-0.2, 0) is 23.8 Å². The molecule has 12 heteroatoms. The highest BCUT2D eigenvalue weighted by molar-refractivity contribution is 7.13. The number of methoxy groups -OCH3 is 1. The van der Waals surface area contributed by atoms with E-state index in [1.165, 1.54) is 23.8 Å². The molecule has 188 valence electrons. The van der Waals surface area contributed by atoms with Crippen LogP contribution in [0.5, 0.6) is 5.88 Å². The van der Waals surface area contributed by atoms with Gasteiger partial charge in [0.1, 0.15) is 5.92 Å². The molecular weight excluding hydrogens is 517 g/mol. The van der Waals surface area contributed by atoms with Gasteiger partial charge in [-0.2, -0.15) is 4.98 Å². The van der Waals surface area contributed by atoms with Crippen molar-refractivity contribution in [2.45, 2.75) is 19.8 Å². The SMILES string of the molecule is CCOC(=O)C1=C(COCCNc2nc(O)cs2)N=C(C)C(C(=O)OC)C1c1cccc(Cl)c1Cl. The molecule has 2 N–H and O–H groups in total. The van der Waals surface area contributed by atoms with E-state index in [0.29, 0.717) is 28.6 Å². The minimum Gasteiger partial charge on any atom is -0.493 e. The third-order valence-corrected chi connectivity index (χ3v) is 6.86. The zero-order valence-electron chi connectivity index (χ0n) is 19.3. The van der Waals surface area contributed by atoms with E-state index in [-0.39, 0.29) is 41.3 Å². The number of hydrogen-bond acceptors (Lipinski definition) is 10. The second-order valence-corrected chi connectivity index (χ2v) is 9.09. The molecule has 2 heterocycles. The number of aliphatic imine (C=N–C) groups is 1. The largest absolute Gasteiger partial charge is 0.493 e. The third kappa shape index (κ3) is 6.32. The molecule has 1 aromatic heterocycles. The number of benzene rings is 1. The maximum Gasteiger partial charge on any atom is 0.336 e. The van der Waals surface area contributed by atoms with Crippen LogP contribution in [0.15, 0.2) is 39.8 Å². The molecule has 0 fully saturated rings. The van der Waals surface area contributed by atoms with E-state index < -0.39 is 23.8 Å². The summed E-state index contributed by atoms with van der Waals surface area (Å²) in [7, 11) is 1.27. The number of nitrogens with zero attached hydrogens (tertiary/aromatic N) is 2. The summed E-state index contributed by atoms with van der Waals surface area (Å²) in [5, 5.41) is 14.9. The molecule has 1 aromatic carbocycles. The summed E-state index contributed by atoms with van der Waals surface area (Å²) < 4.78 is 16.1. The number of carbonyl (C=O) groups is 2. The number of halogens is 2. The van der Waals surface area contributed by atoms with Crippen LogP contribution in [0.1, 0.15) is 25.3 Å². The molecule has 9 nitrogen and oxygen atoms in total. The molecule has 0 aliphatic carbocycles. The van der Waals surface area contributed by atoms with Gasteiger partial charge in [0.2, 0.25) is 5.88 Å². The van der Waals surface area contributed by atoms with E-state index in [1.54, 1.807) is 32.0 Å². The fraction of sp³-hybridized carbons (Fsp3) is 0.391. The van der Waals surface area contributed by atoms with Gasteiger partial charge in [-0.05, 0) is 25.5 Å². The van der Waals surface area contributed by atoms with Crippen LogP contribution in [0.2, 0.25) is 10.0 Å². The molecule has 35 heavy (non-hydrogen) atoms. The van der Waals surface area contributed by atoms with E-state index in [0.717, 1.165) is 0 Å². The fourth-order valence-corrected chi connectivity index (χ4v) is 4.80. The lowest BCUT2D eigenvalue weighted by atomic mass is 9.75. The monoisotopic (exact) mass is 541 g/mol. The van der Waals surface area contributed by atoms with E-state index in [4.69, 9.17) is 37.4 Å². The lowest BCUT2D eigenvalue weighted by molar-refractivity contribution is -0.144. The molecule has 2 atom stereocenters. The third-order valence-electron chi connectivity index (χ3n) is 5.24. The topological polar surface area (TPSA) is 119 Å². The molecule has 2 unspecified atom stereocenters. The zero-order chi connectivity index (χ0) is 25.5. The lowest BCUT2D eigenvalue weighted by Crippen LogP contribution is -2.37. The molecule has 1 aliphatic rings. The summed E-state index contributed by atoms with van der Waals surface area (Å²) in [4.78, 5) is 34.4. The Morgan fingerprint density at radius 2 is 2.06 bits per heavy atom. The minimum atomic E-state index is -0.904. The number of hydrogen-bond donors (Lipinski definition) is 2. The van der Waals surface area contributed by atoms with Gasteiger partial charge in [-0.25, -0.2) is 4.79 Å². The summed E-state index contributed by atoms with van der Waals surface area (Å²) in [6.45, 7) is 4.16. The molecule has 0 radical (unpaired) electrons. The highest BCUT2D eigenvalue weighted by Gasteiger charge is 2.44. The van der Waals surface area contributed by atoms with Crippen LogP contribution in [0.4, 0.5) is 5.13 Å². The average molecular weight is 542 g/mol. The van der Waals surface area contributed by atoms with Gasteiger partial charge in [0, 0.05) is 18.2 Å². The van der Waals surface area contributed by atoms with Gasteiger partial charge >= 0.3 is 11.9 Å². The number of thiazole rings is 1. The molecule has 2 aromatic rings. The fourth-order valence-electron chi connectivity index (χ4n) is 3.77. The molecule has 3 rings (SSSR count). The van der Waals surface area contributed by atoms with Gasteiger partial charge in [0.25, 0.3) is 0 Å². The summed E-state index contributed by atoms with van der Waals surface area (Å²) >= 11 is 14.1. The number of ether oxygens (including phenoxy) is 3. The summed E-state index contributed by atoms with van der Waals surface area (Å²) in [6.07, 6.45) is 0. The number of anilines is 1. The first-order chi connectivity index (χ1) is 16.8. The minimum absolute atomic E-state index is 0.0150. The molecule has 0 bridgehead atoms. The van der Waals surface area contributed by atoms with Crippen LogP contribution in [0, 0.1) is 5.92 Å². The van der Waals surface area contributed by atoms with Crippen molar-refractivity contribution >= 4 is 57.3 Å². The normalized spacial score (nSPS) is 17.7. The lowest BCUT2D eigenvalue weighted by Gasteiger charge is -2.32. The van der Waals surface area contributed by atoms with Gasteiger partial charge in [0.05, 0.1) is 53.6 Å². The quantitative estimate of drug-likeness (QED) is 0.334. The summed E-state index contributed by atoms with van der Waals surface area (Å²) in [6, 6.07) is 5.02. The Hall–Kier alpha value is -2.66. The van der Waals surface area contributed by atoms with Crippen molar-refractivity contribution in [2.24, 2.45) is 10.9 Å². The smallest absolute Gasteiger partial charge is 0.336 e. The highest BCUT2D eigenvalue weighted by atomic mass is 35.5. The first-order valence-corrected chi connectivity index (χ1v) is 12.3. The predicted molar refractivity (Wildman–Crippen MR) is 135 cm³/mol. The van der Waals surface area contributed by atoms with Crippen molar-refractivity contribution in [1.82, 2.24) is 4.98 Å². The van der Waals surface area contributed by atoms with Crippen molar-refractivity contribution in [3.63, 3.8) is 0 Å². The first-order valence-electron chi connectivity index (χ1n) is 10.7. The van der Waals surface area contributed by atoms with Crippen LogP contribution >= 0.6 is 34.5 Å². The average Bonchev–Trinajstić information content (AvgIpc) is 3.24. The molecule has 0 spiro atoms. The standard InChI is InChI=1S/C23H25Cl2N3O6S/c1-4-34-22(31)19-15(10-33-9-8-26-23-28-16(29)11-35-23)27-12(2)17(21(30)32-3)18(19)13-6-5-7-14(24)20(13)25/h5-7,11,17-18,29H,4,8-10H2,1-3H3,(H,26,28). The molecule has 0 saturated heterocycles. The van der Waals surface area contributed by atoms with Crippen molar-refractivity contribution in [3.8, 4) is 5.88 Å². The van der Waals surface area contributed by atoms with Gasteiger partial charge < -0.3 is 24.6 Å². The highest BCUT2D eigenvalue weighted by Crippen LogP contribution is 2.44. The van der Waals surface area contributed by atoms with Gasteiger partial charge in [0.15, 0.2) is 5.13 Å². The van der Waals surface area contributed by atoms with Gasteiger partial charge in [-0.15, -0.1) is 11.3 Å². The number of aromatic nitrogens is 1. The Kier molecular flexibility index (Phi) is 9.50. The van der Waals surface area contributed by atoms with Crippen molar-refractivity contribution in [1.29, 1.82) is 0 Å². The number of esters is 2. The Morgan fingerprint density at radius 1 is 1.29 bits per heavy atom. The maximum atomic E-state index is 13.2. The number of carbonyl (C=O) groups excluding carboxylic acids is 2. The molecular formula is C23H25Cl2N3O6S. The van der Waals surface area contributed by atoms with E-state index >= 15 is 0 Å². The van der Waals surface area contributed by atoms with Gasteiger partial charge in [-0.3, -0.25) is 9.79 Å². The molecule has 1 aliphatic heterocycles. The molecule has 0 amide bonds. The number of nitrogens with one attached hydrogen (secondary N) is 1. The van der Waals surface area contributed by atoms with E-state index in [9.17, 15) is 14.7 Å². The second-order valence-electron chi connectivity index (χ2n) is 7.45. The second kappa shape index (κ2) is 12.3. The van der Waals surface area contributed by atoms with E-state index in [1.807, 2.05) is 0 Å². The van der Waals surface area contributed by atoms with Crippen molar-refractivity contribution in [3.05, 3.63) is 50.5 Å². The van der Waals surface area contributed by atoms with Crippen LogP contribution in [0.25, 0.3) is 0 Å². The Morgan fingerprint density at radius 3 is 2.71 bits per heavy atom.